The van der Waals surface area contributed by atoms with Crippen LogP contribution < -0.4 is 0 Å². The summed E-state index contributed by atoms with van der Waals surface area (Å²) in [5, 5.41) is 0.560. The molecule has 1 saturated carbocycles. The minimum Gasteiger partial charge on any atom is -0.462 e. The lowest BCUT2D eigenvalue weighted by Gasteiger charge is -2.11. The maximum Gasteiger partial charge on any atom is 0.338 e. The topological polar surface area (TPSA) is 26.3 Å². The van der Waals surface area contributed by atoms with Gasteiger partial charge in [0.2, 0.25) is 0 Å². The van der Waals surface area contributed by atoms with Crippen LogP contribution in [-0.2, 0) is 4.74 Å². The van der Waals surface area contributed by atoms with E-state index in [1.165, 1.54) is 0 Å². The first-order valence-corrected chi connectivity index (χ1v) is 7.81. The van der Waals surface area contributed by atoms with Gasteiger partial charge in [-0.15, -0.1) is 0 Å². The smallest absolute Gasteiger partial charge is 0.338 e. The minimum atomic E-state index is -0.284. The van der Waals surface area contributed by atoms with Gasteiger partial charge >= 0.3 is 5.97 Å². The number of carbonyl (C=O) groups is 1. The number of hydrogen-bond acceptors (Lipinski definition) is 2. The summed E-state index contributed by atoms with van der Waals surface area (Å²) in [6.07, 6.45) is 2.06. The number of ether oxygens (including phenoxy) is 1. The van der Waals surface area contributed by atoms with Gasteiger partial charge in [0.25, 0.3) is 0 Å². The number of hydrogen-bond donors (Lipinski definition) is 0. The zero-order chi connectivity index (χ0) is 14.7. The van der Waals surface area contributed by atoms with Crippen molar-refractivity contribution in [2.75, 3.05) is 6.61 Å². The van der Waals surface area contributed by atoms with E-state index in [2.05, 4.69) is 20.8 Å². The molecule has 1 aromatic rings. The average Bonchev–Trinajstić information content (AvgIpc) is 3.02. The summed E-state index contributed by atoms with van der Waals surface area (Å²) in [7, 11) is 0. The van der Waals surface area contributed by atoms with Gasteiger partial charge in [-0.1, -0.05) is 38.4 Å². The van der Waals surface area contributed by atoms with E-state index in [0.717, 1.165) is 36.5 Å². The van der Waals surface area contributed by atoms with Crippen LogP contribution in [0.4, 0.5) is 0 Å². The normalized spacial score (nSPS) is 26.1. The predicted molar refractivity (Wildman–Crippen MR) is 82.0 cm³/mol. The summed E-state index contributed by atoms with van der Waals surface area (Å²) in [4.78, 5) is 11.8. The third-order valence-corrected chi connectivity index (χ3v) is 4.89. The molecule has 2 rings (SSSR count). The molecule has 0 radical (unpaired) electrons. The molecule has 1 fully saturated rings. The van der Waals surface area contributed by atoms with Crippen LogP contribution in [0.1, 0.15) is 44.0 Å². The number of esters is 1. The van der Waals surface area contributed by atoms with Gasteiger partial charge in [0.15, 0.2) is 0 Å². The molecular formula is C17H23ClO2. The lowest BCUT2D eigenvalue weighted by molar-refractivity contribution is 0.0492. The summed E-state index contributed by atoms with van der Waals surface area (Å²) in [6.45, 7) is 7.45. The predicted octanol–water partition coefficient (Wildman–Crippen LogP) is 4.82. The molecule has 110 valence electrons. The van der Waals surface area contributed by atoms with Gasteiger partial charge in [-0.05, 0) is 54.7 Å². The van der Waals surface area contributed by atoms with Crippen LogP contribution in [0.5, 0.6) is 0 Å². The zero-order valence-corrected chi connectivity index (χ0v) is 13.2. The van der Waals surface area contributed by atoms with Crippen molar-refractivity contribution in [2.45, 2.75) is 33.6 Å². The number of halogens is 1. The third kappa shape index (κ3) is 3.76. The van der Waals surface area contributed by atoms with Crippen molar-refractivity contribution in [3.63, 3.8) is 0 Å². The molecule has 3 unspecified atom stereocenters. The third-order valence-electron chi connectivity index (χ3n) is 4.66. The van der Waals surface area contributed by atoms with Crippen molar-refractivity contribution in [1.29, 1.82) is 0 Å². The fourth-order valence-electron chi connectivity index (χ4n) is 3.20. The molecule has 1 aromatic carbocycles. The van der Waals surface area contributed by atoms with Crippen LogP contribution in [0.25, 0.3) is 0 Å². The Morgan fingerprint density at radius 3 is 2.65 bits per heavy atom. The highest BCUT2D eigenvalue weighted by molar-refractivity contribution is 6.30. The first-order valence-electron chi connectivity index (χ1n) is 7.43. The van der Waals surface area contributed by atoms with E-state index < -0.39 is 0 Å². The maximum atomic E-state index is 11.8. The van der Waals surface area contributed by atoms with Gasteiger partial charge in [-0.25, -0.2) is 4.79 Å². The van der Waals surface area contributed by atoms with Crippen LogP contribution in [0, 0.1) is 23.7 Å². The van der Waals surface area contributed by atoms with Gasteiger partial charge in [0.05, 0.1) is 12.2 Å². The van der Waals surface area contributed by atoms with Crippen LogP contribution in [0.3, 0.4) is 0 Å². The van der Waals surface area contributed by atoms with Crippen molar-refractivity contribution in [3.8, 4) is 0 Å². The SMILES string of the molecule is CC(CCCOC(=O)c1cccc(Cl)c1)C1C(C)C1C. The summed E-state index contributed by atoms with van der Waals surface area (Å²) in [6, 6.07) is 6.87. The molecular weight excluding hydrogens is 272 g/mol. The van der Waals surface area contributed by atoms with Gasteiger partial charge in [-0.2, -0.15) is 0 Å². The second kappa shape index (κ2) is 6.62. The molecule has 3 atom stereocenters. The minimum absolute atomic E-state index is 0.284. The van der Waals surface area contributed by atoms with Crippen molar-refractivity contribution >= 4 is 17.6 Å². The summed E-state index contributed by atoms with van der Waals surface area (Å²) in [5.41, 5.74) is 0.523. The van der Waals surface area contributed by atoms with E-state index in [1.807, 2.05) is 0 Å². The Kier molecular flexibility index (Phi) is 5.09. The molecule has 20 heavy (non-hydrogen) atoms. The van der Waals surface area contributed by atoms with E-state index in [1.54, 1.807) is 24.3 Å². The number of rotatable bonds is 6. The Labute approximate surface area is 126 Å². The van der Waals surface area contributed by atoms with Crippen molar-refractivity contribution in [1.82, 2.24) is 0 Å². The second-order valence-electron chi connectivity index (χ2n) is 6.06. The Bertz CT molecular complexity index is 464. The maximum absolute atomic E-state index is 11.8. The first kappa shape index (κ1) is 15.4. The fraction of sp³-hybridized carbons (Fsp3) is 0.588. The van der Waals surface area contributed by atoms with Crippen molar-refractivity contribution < 1.29 is 9.53 Å². The molecule has 1 aliphatic rings. The zero-order valence-electron chi connectivity index (χ0n) is 12.4. The fourth-order valence-corrected chi connectivity index (χ4v) is 3.39. The molecule has 0 aromatic heterocycles. The van der Waals surface area contributed by atoms with Crippen LogP contribution in [0.2, 0.25) is 5.02 Å². The number of carbonyl (C=O) groups excluding carboxylic acids is 1. The Hall–Kier alpha value is -1.02. The Morgan fingerprint density at radius 1 is 1.35 bits per heavy atom. The standard InChI is InChI=1S/C17H23ClO2/c1-11(16-12(2)13(16)3)6-5-9-20-17(19)14-7-4-8-15(18)10-14/h4,7-8,10-13,16H,5-6,9H2,1-3H3. The van der Waals surface area contributed by atoms with Gasteiger partial charge in [0, 0.05) is 5.02 Å². The Balaban J connectivity index is 1.67. The largest absolute Gasteiger partial charge is 0.462 e. The summed E-state index contributed by atoms with van der Waals surface area (Å²) in [5.74, 6) is 3.02. The number of benzene rings is 1. The van der Waals surface area contributed by atoms with E-state index in [9.17, 15) is 4.79 Å². The van der Waals surface area contributed by atoms with Crippen molar-refractivity contribution in [3.05, 3.63) is 34.9 Å². The molecule has 0 spiro atoms. The van der Waals surface area contributed by atoms with E-state index in [0.29, 0.717) is 17.2 Å². The highest BCUT2D eigenvalue weighted by atomic mass is 35.5. The molecule has 3 heteroatoms. The second-order valence-corrected chi connectivity index (χ2v) is 6.50. The molecule has 0 heterocycles. The molecule has 0 bridgehead atoms. The molecule has 0 N–H and O–H groups in total. The highest BCUT2D eigenvalue weighted by Gasteiger charge is 2.45. The Morgan fingerprint density at radius 2 is 2.05 bits per heavy atom. The molecule has 2 nitrogen and oxygen atoms in total. The van der Waals surface area contributed by atoms with Gasteiger partial charge in [-0.3, -0.25) is 0 Å². The molecule has 1 aliphatic carbocycles. The lowest BCUT2D eigenvalue weighted by Crippen LogP contribution is -2.08. The highest BCUT2D eigenvalue weighted by Crippen LogP contribution is 2.51. The average molecular weight is 295 g/mol. The van der Waals surface area contributed by atoms with E-state index >= 15 is 0 Å². The van der Waals surface area contributed by atoms with Crippen LogP contribution in [0.15, 0.2) is 24.3 Å². The van der Waals surface area contributed by atoms with Crippen LogP contribution >= 0.6 is 11.6 Å². The van der Waals surface area contributed by atoms with Crippen LogP contribution in [-0.4, -0.2) is 12.6 Å². The van der Waals surface area contributed by atoms with Crippen molar-refractivity contribution in [2.24, 2.45) is 23.7 Å². The van der Waals surface area contributed by atoms with E-state index in [-0.39, 0.29) is 5.97 Å². The summed E-state index contributed by atoms with van der Waals surface area (Å²) >= 11 is 5.85. The first-order chi connectivity index (χ1) is 9.50. The molecule has 0 amide bonds. The summed E-state index contributed by atoms with van der Waals surface area (Å²) < 4.78 is 5.29. The van der Waals surface area contributed by atoms with Gasteiger partial charge in [0.1, 0.15) is 0 Å². The molecule has 0 saturated heterocycles. The quantitative estimate of drug-likeness (QED) is 0.555. The lowest BCUT2D eigenvalue weighted by atomic mass is 9.98. The van der Waals surface area contributed by atoms with Gasteiger partial charge < -0.3 is 4.74 Å². The monoisotopic (exact) mass is 294 g/mol. The molecule has 0 aliphatic heterocycles. The van der Waals surface area contributed by atoms with E-state index in [4.69, 9.17) is 16.3 Å².